The first-order valence-corrected chi connectivity index (χ1v) is 4.85. The summed E-state index contributed by atoms with van der Waals surface area (Å²) in [7, 11) is 1.69. The van der Waals surface area contributed by atoms with Gasteiger partial charge >= 0.3 is 6.03 Å². The second kappa shape index (κ2) is 3.96. The van der Waals surface area contributed by atoms with E-state index < -0.39 is 5.91 Å². The number of nitrogens with zero attached hydrogens (tertiary/aromatic N) is 3. The number of aromatic nitrogens is 2. The van der Waals surface area contributed by atoms with Gasteiger partial charge in [0, 0.05) is 18.8 Å². The maximum Gasteiger partial charge on any atom is 0.329 e. The summed E-state index contributed by atoms with van der Waals surface area (Å²) in [4.78, 5) is 28.0. The molecule has 16 heavy (non-hydrogen) atoms. The number of primary amides is 1. The number of hydrogen-bond acceptors (Lipinski definition) is 3. The normalized spacial score (nSPS) is 11.2. The summed E-state index contributed by atoms with van der Waals surface area (Å²) >= 11 is 0. The summed E-state index contributed by atoms with van der Waals surface area (Å²) in [6.45, 7) is 5.74. The molecule has 6 heteroatoms. The molecule has 1 aromatic rings. The van der Waals surface area contributed by atoms with Gasteiger partial charge in [0.2, 0.25) is 0 Å². The van der Waals surface area contributed by atoms with Crippen molar-refractivity contribution in [2.45, 2.75) is 26.3 Å². The van der Waals surface area contributed by atoms with Crippen LogP contribution in [-0.4, -0.2) is 39.0 Å². The summed E-state index contributed by atoms with van der Waals surface area (Å²) in [5.74, 6) is -0.648. The molecule has 0 aliphatic rings. The molecule has 0 bridgehead atoms. The highest BCUT2D eigenvalue weighted by Gasteiger charge is 2.23. The van der Waals surface area contributed by atoms with Crippen molar-refractivity contribution in [3.8, 4) is 0 Å². The van der Waals surface area contributed by atoms with Gasteiger partial charge in [-0.15, -0.1) is 0 Å². The molecule has 6 nitrogen and oxygen atoms in total. The Morgan fingerprint density at radius 3 is 2.38 bits per heavy atom. The molecule has 2 amide bonds. The van der Waals surface area contributed by atoms with Crippen molar-refractivity contribution in [3.63, 3.8) is 0 Å². The minimum absolute atomic E-state index is 0.0793. The van der Waals surface area contributed by atoms with E-state index in [1.54, 1.807) is 11.9 Å². The van der Waals surface area contributed by atoms with Crippen LogP contribution < -0.4 is 5.73 Å². The Hall–Kier alpha value is -1.85. The van der Waals surface area contributed by atoms with Crippen LogP contribution in [0.15, 0.2) is 12.5 Å². The lowest BCUT2D eigenvalue weighted by Gasteiger charge is -2.31. The predicted molar refractivity (Wildman–Crippen MR) is 59.1 cm³/mol. The van der Waals surface area contributed by atoms with Crippen LogP contribution >= 0.6 is 0 Å². The monoisotopic (exact) mass is 224 g/mol. The van der Waals surface area contributed by atoms with Gasteiger partial charge in [-0.2, -0.15) is 0 Å². The van der Waals surface area contributed by atoms with E-state index in [0.29, 0.717) is 0 Å². The van der Waals surface area contributed by atoms with E-state index in [1.165, 1.54) is 17.1 Å². The molecule has 1 aromatic heterocycles. The molecule has 0 radical (unpaired) electrons. The number of amides is 2. The Morgan fingerprint density at radius 2 is 2.00 bits per heavy atom. The molecule has 0 spiro atoms. The zero-order valence-corrected chi connectivity index (χ0v) is 9.89. The van der Waals surface area contributed by atoms with Crippen molar-refractivity contribution in [3.05, 3.63) is 18.2 Å². The third-order valence-electron chi connectivity index (χ3n) is 2.35. The highest BCUT2D eigenvalue weighted by atomic mass is 16.2. The van der Waals surface area contributed by atoms with Crippen molar-refractivity contribution in [2.75, 3.05) is 7.05 Å². The van der Waals surface area contributed by atoms with Crippen LogP contribution in [0.4, 0.5) is 4.79 Å². The van der Waals surface area contributed by atoms with E-state index in [0.717, 1.165) is 0 Å². The van der Waals surface area contributed by atoms with Gasteiger partial charge in [-0.05, 0) is 20.8 Å². The van der Waals surface area contributed by atoms with Gasteiger partial charge < -0.3 is 10.6 Å². The summed E-state index contributed by atoms with van der Waals surface area (Å²) in [5.41, 5.74) is 4.83. The minimum atomic E-state index is -0.648. The van der Waals surface area contributed by atoms with E-state index in [4.69, 9.17) is 5.73 Å². The van der Waals surface area contributed by atoms with Crippen LogP contribution in [0.1, 0.15) is 31.3 Å². The average molecular weight is 224 g/mol. The van der Waals surface area contributed by atoms with E-state index in [9.17, 15) is 9.59 Å². The number of carbonyl (C=O) groups is 2. The van der Waals surface area contributed by atoms with E-state index in [-0.39, 0.29) is 17.3 Å². The van der Waals surface area contributed by atoms with Crippen LogP contribution in [0.25, 0.3) is 0 Å². The number of carbonyl (C=O) groups excluding carboxylic acids is 2. The minimum Gasteiger partial charge on any atom is -0.364 e. The molecule has 0 aliphatic heterocycles. The molecule has 88 valence electrons. The highest BCUT2D eigenvalue weighted by molar-refractivity contribution is 5.91. The second-order valence-corrected chi connectivity index (χ2v) is 4.54. The molecule has 0 unspecified atom stereocenters. The lowest BCUT2D eigenvalue weighted by atomic mass is 10.1. The first-order chi connectivity index (χ1) is 7.23. The fraction of sp³-hybridized carbons (Fsp3) is 0.500. The van der Waals surface area contributed by atoms with Crippen molar-refractivity contribution in [2.24, 2.45) is 5.73 Å². The van der Waals surface area contributed by atoms with Crippen molar-refractivity contribution < 1.29 is 9.59 Å². The third-order valence-corrected chi connectivity index (χ3v) is 2.35. The zero-order chi connectivity index (χ0) is 12.5. The fourth-order valence-electron chi connectivity index (χ4n) is 1.01. The maximum absolute atomic E-state index is 11.9. The standard InChI is InChI=1S/C10H16N4O2/c1-10(2,3)13(4)9(16)14-5-7(8(11)15)12-6-14/h5-6H,1-4H3,(H2,11,15). The molecule has 0 saturated heterocycles. The fourth-order valence-corrected chi connectivity index (χ4v) is 1.01. The molecule has 0 atom stereocenters. The van der Waals surface area contributed by atoms with Crippen molar-refractivity contribution >= 4 is 11.9 Å². The molecule has 1 rings (SSSR count). The number of imidazole rings is 1. The Kier molecular flexibility index (Phi) is 3.02. The quantitative estimate of drug-likeness (QED) is 0.761. The molecule has 0 fully saturated rings. The molecular weight excluding hydrogens is 208 g/mol. The van der Waals surface area contributed by atoms with Gasteiger partial charge in [0.15, 0.2) is 0 Å². The largest absolute Gasteiger partial charge is 0.364 e. The molecule has 2 N–H and O–H groups in total. The summed E-state index contributed by atoms with van der Waals surface area (Å²) in [6.07, 6.45) is 2.61. The first kappa shape index (κ1) is 12.2. The van der Waals surface area contributed by atoms with Gasteiger partial charge in [0.25, 0.3) is 5.91 Å². The highest BCUT2D eigenvalue weighted by Crippen LogP contribution is 2.12. The van der Waals surface area contributed by atoms with Crippen molar-refractivity contribution in [1.29, 1.82) is 0 Å². The summed E-state index contributed by atoms with van der Waals surface area (Å²) < 4.78 is 1.24. The third kappa shape index (κ3) is 2.39. The van der Waals surface area contributed by atoms with E-state index >= 15 is 0 Å². The van der Waals surface area contributed by atoms with E-state index in [1.807, 2.05) is 20.8 Å². The lowest BCUT2D eigenvalue weighted by Crippen LogP contribution is -2.44. The SMILES string of the molecule is CN(C(=O)n1cnc(C(N)=O)c1)C(C)(C)C. The van der Waals surface area contributed by atoms with Crippen LogP contribution in [0, 0.1) is 0 Å². The molecule has 0 aliphatic carbocycles. The van der Waals surface area contributed by atoms with Gasteiger partial charge in [-0.3, -0.25) is 9.36 Å². The smallest absolute Gasteiger partial charge is 0.329 e. The number of hydrogen-bond donors (Lipinski definition) is 1. The van der Waals surface area contributed by atoms with Gasteiger partial charge in [-0.1, -0.05) is 0 Å². The molecule has 1 heterocycles. The van der Waals surface area contributed by atoms with Crippen LogP contribution in [0.5, 0.6) is 0 Å². The Balaban J connectivity index is 2.93. The molecule has 0 aromatic carbocycles. The van der Waals surface area contributed by atoms with Gasteiger partial charge in [0.1, 0.15) is 12.0 Å². The van der Waals surface area contributed by atoms with Crippen LogP contribution in [-0.2, 0) is 0 Å². The zero-order valence-electron chi connectivity index (χ0n) is 9.89. The Bertz CT molecular complexity index is 417. The average Bonchev–Trinajstić information content (AvgIpc) is 2.62. The Labute approximate surface area is 94.0 Å². The van der Waals surface area contributed by atoms with Gasteiger partial charge in [0.05, 0.1) is 0 Å². The second-order valence-electron chi connectivity index (χ2n) is 4.54. The number of rotatable bonds is 1. The van der Waals surface area contributed by atoms with Crippen LogP contribution in [0.2, 0.25) is 0 Å². The Morgan fingerprint density at radius 1 is 1.44 bits per heavy atom. The first-order valence-electron chi connectivity index (χ1n) is 4.85. The van der Waals surface area contributed by atoms with Crippen LogP contribution in [0.3, 0.4) is 0 Å². The predicted octanol–water partition coefficient (Wildman–Crippen LogP) is 0.680. The molecular formula is C10H16N4O2. The lowest BCUT2D eigenvalue weighted by molar-refractivity contribution is 0.0996. The molecule has 0 saturated carbocycles. The summed E-state index contributed by atoms with van der Waals surface area (Å²) in [5, 5.41) is 0. The van der Waals surface area contributed by atoms with E-state index in [2.05, 4.69) is 4.98 Å². The topological polar surface area (TPSA) is 81.2 Å². The van der Waals surface area contributed by atoms with Crippen molar-refractivity contribution in [1.82, 2.24) is 14.5 Å². The summed E-state index contributed by atoms with van der Waals surface area (Å²) in [6, 6.07) is -0.257. The van der Waals surface area contributed by atoms with Gasteiger partial charge in [-0.25, -0.2) is 9.78 Å². The number of nitrogens with two attached hydrogens (primary N) is 1. The maximum atomic E-state index is 11.9.